The Morgan fingerprint density at radius 1 is 1.13 bits per heavy atom. The van der Waals surface area contributed by atoms with E-state index in [0.29, 0.717) is 0 Å². The van der Waals surface area contributed by atoms with Crippen molar-refractivity contribution in [3.8, 4) is 5.75 Å². The third kappa shape index (κ3) is 2.11. The first-order valence-electron chi connectivity index (χ1n) is 3.68. The topological polar surface area (TPSA) is 109 Å². The highest BCUT2D eigenvalue weighted by molar-refractivity contribution is 8.64. The van der Waals surface area contributed by atoms with Crippen molar-refractivity contribution < 1.29 is 26.5 Å². The van der Waals surface area contributed by atoms with Crippen molar-refractivity contribution in [2.45, 2.75) is 11.8 Å². The molecule has 0 saturated carbocycles. The molecule has 0 atom stereocenters. The van der Waals surface area contributed by atoms with E-state index in [2.05, 4.69) is 0 Å². The lowest BCUT2D eigenvalue weighted by molar-refractivity contribution is 0.474. The van der Waals surface area contributed by atoms with Crippen LogP contribution in [0.5, 0.6) is 5.75 Å². The minimum atomic E-state index is -5.20. The molecule has 1 rings (SSSR count). The Kier molecular flexibility index (Phi) is 2.77. The van der Waals surface area contributed by atoms with E-state index >= 15 is 0 Å². The maximum atomic E-state index is 11.3. The second kappa shape index (κ2) is 3.47. The number of aryl methyl sites for hydroxylation is 1. The second-order valence-electron chi connectivity index (χ2n) is 2.83. The monoisotopic (exact) mass is 252 g/mol. The van der Waals surface area contributed by atoms with E-state index in [0.717, 1.165) is 18.2 Å². The van der Waals surface area contributed by atoms with Crippen molar-refractivity contribution in [2.24, 2.45) is 0 Å². The Morgan fingerprint density at radius 3 is 2.07 bits per heavy atom. The molecule has 0 unspecified atom stereocenters. The number of hydrogen-bond donors (Lipinski definition) is 2. The van der Waals surface area contributed by atoms with Gasteiger partial charge in [0, 0.05) is 0 Å². The lowest BCUT2D eigenvalue weighted by atomic mass is 10.2. The van der Waals surface area contributed by atoms with Crippen molar-refractivity contribution in [3.63, 3.8) is 0 Å². The van der Waals surface area contributed by atoms with Crippen LogP contribution in [0.15, 0.2) is 23.1 Å². The lowest BCUT2D eigenvalue weighted by Crippen LogP contribution is -2.15. The van der Waals surface area contributed by atoms with Crippen LogP contribution in [0.1, 0.15) is 5.56 Å². The average Bonchev–Trinajstić information content (AvgIpc) is 2.00. The molecule has 2 N–H and O–H groups in total. The van der Waals surface area contributed by atoms with Crippen LogP contribution in [0.4, 0.5) is 0 Å². The molecule has 0 aliphatic heterocycles. The van der Waals surface area contributed by atoms with Crippen LogP contribution < -0.4 is 0 Å². The van der Waals surface area contributed by atoms with Crippen LogP contribution in [0.2, 0.25) is 0 Å². The fraction of sp³-hybridized carbons (Fsp3) is 0.143. The minimum absolute atomic E-state index is 0.0348. The van der Waals surface area contributed by atoms with Gasteiger partial charge in [0.05, 0.1) is 4.90 Å². The molecule has 1 aromatic rings. The molecule has 0 aromatic heterocycles. The van der Waals surface area contributed by atoms with E-state index in [-0.39, 0.29) is 11.3 Å². The summed E-state index contributed by atoms with van der Waals surface area (Å²) in [4.78, 5) is -0.553. The summed E-state index contributed by atoms with van der Waals surface area (Å²) in [6, 6.07) is 3.01. The van der Waals surface area contributed by atoms with Crippen LogP contribution in [-0.4, -0.2) is 26.5 Å². The fourth-order valence-corrected chi connectivity index (χ4v) is 3.18. The molecule has 0 radical (unpaired) electrons. The summed E-state index contributed by atoms with van der Waals surface area (Å²) in [6.45, 7) is 1.30. The smallest absolute Gasteiger partial charge is 0.377 e. The summed E-state index contributed by atoms with van der Waals surface area (Å²) in [5, 5.41) is 9.00. The second-order valence-corrected chi connectivity index (χ2v) is 7.62. The van der Waals surface area contributed by atoms with Gasteiger partial charge in [-0.3, -0.25) is 4.55 Å². The Bertz CT molecular complexity index is 584. The Balaban J connectivity index is 3.56. The van der Waals surface area contributed by atoms with Crippen molar-refractivity contribution in [1.29, 1.82) is 0 Å². The van der Waals surface area contributed by atoms with Gasteiger partial charge >= 0.3 is 18.0 Å². The quantitative estimate of drug-likeness (QED) is 0.578. The molecule has 0 amide bonds. The molecule has 0 saturated heterocycles. The maximum absolute atomic E-state index is 11.3. The summed E-state index contributed by atoms with van der Waals surface area (Å²) in [5.74, 6) is -0.193. The van der Waals surface area contributed by atoms with E-state index in [4.69, 9.17) is 9.66 Å². The molecular weight excluding hydrogens is 244 g/mol. The lowest BCUT2D eigenvalue weighted by Gasteiger charge is -2.04. The molecule has 0 aliphatic rings. The predicted octanol–water partition coefficient (Wildman–Crippen LogP) is 0.277. The van der Waals surface area contributed by atoms with Gasteiger partial charge < -0.3 is 5.11 Å². The van der Waals surface area contributed by atoms with Crippen molar-refractivity contribution in [1.82, 2.24) is 0 Å². The van der Waals surface area contributed by atoms with E-state index < -0.39 is 22.9 Å². The van der Waals surface area contributed by atoms with E-state index in [1.54, 1.807) is 0 Å². The van der Waals surface area contributed by atoms with Crippen molar-refractivity contribution in [3.05, 3.63) is 23.8 Å². The zero-order valence-electron chi connectivity index (χ0n) is 7.58. The molecule has 8 heteroatoms. The normalized spacial score (nSPS) is 12.7. The first kappa shape index (κ1) is 12.0. The molecular formula is C7H8O6S2. The molecule has 0 spiro atoms. The van der Waals surface area contributed by atoms with Gasteiger partial charge in [-0.05, 0) is 30.7 Å². The Hall–Kier alpha value is -1.12. The molecule has 84 valence electrons. The van der Waals surface area contributed by atoms with Gasteiger partial charge in [0.1, 0.15) is 5.75 Å². The molecule has 0 aliphatic carbocycles. The number of phenols is 1. The van der Waals surface area contributed by atoms with E-state index in [9.17, 15) is 16.8 Å². The minimum Gasteiger partial charge on any atom is -0.508 e. The van der Waals surface area contributed by atoms with Gasteiger partial charge in [0.2, 0.25) is 0 Å². The van der Waals surface area contributed by atoms with Crippen LogP contribution >= 0.6 is 0 Å². The number of hydrogen-bond acceptors (Lipinski definition) is 5. The number of rotatable bonds is 2. The van der Waals surface area contributed by atoms with Gasteiger partial charge in [-0.25, -0.2) is 8.42 Å². The number of phenolic OH excluding ortho intramolecular Hbond substituents is 1. The van der Waals surface area contributed by atoms with Crippen LogP contribution in [0, 0.1) is 6.92 Å². The van der Waals surface area contributed by atoms with Gasteiger partial charge in [-0.2, -0.15) is 8.42 Å². The maximum Gasteiger partial charge on any atom is 0.377 e. The van der Waals surface area contributed by atoms with Gasteiger partial charge in [0.25, 0.3) is 0 Å². The van der Waals surface area contributed by atoms with Crippen LogP contribution in [0.25, 0.3) is 0 Å². The van der Waals surface area contributed by atoms with Gasteiger partial charge in [0.15, 0.2) is 0 Å². The molecule has 0 fully saturated rings. The predicted molar refractivity (Wildman–Crippen MR) is 51.6 cm³/mol. The molecule has 1 aromatic carbocycles. The van der Waals surface area contributed by atoms with Crippen molar-refractivity contribution in [2.75, 3.05) is 0 Å². The van der Waals surface area contributed by atoms with Gasteiger partial charge in [-0.1, -0.05) is 0 Å². The highest BCUT2D eigenvalue weighted by atomic mass is 33.2. The Labute approximate surface area is 86.2 Å². The number of benzene rings is 1. The van der Waals surface area contributed by atoms with Crippen LogP contribution in [0.3, 0.4) is 0 Å². The first-order chi connectivity index (χ1) is 6.66. The standard InChI is InChI=1S/C7H8O6S2/c1-5-4-6(8)2-3-7(5)14(9,10)15(11,12)13/h2-4,8H,1H3,(H,11,12,13). The molecule has 0 heterocycles. The van der Waals surface area contributed by atoms with Crippen LogP contribution in [-0.2, 0) is 18.0 Å². The summed E-state index contributed by atoms with van der Waals surface area (Å²) in [5.41, 5.74) is 0.0348. The largest absolute Gasteiger partial charge is 0.508 e. The molecule has 0 bridgehead atoms. The number of aromatic hydroxyl groups is 1. The summed E-state index contributed by atoms with van der Waals surface area (Å²) < 4.78 is 52.2. The first-order valence-corrected chi connectivity index (χ1v) is 7.12. The molecule has 15 heavy (non-hydrogen) atoms. The van der Waals surface area contributed by atoms with Gasteiger partial charge in [-0.15, -0.1) is 0 Å². The highest BCUT2D eigenvalue weighted by Crippen LogP contribution is 2.23. The Morgan fingerprint density at radius 2 is 1.67 bits per heavy atom. The summed E-state index contributed by atoms with van der Waals surface area (Å²) in [6.07, 6.45) is 0. The highest BCUT2D eigenvalue weighted by Gasteiger charge is 2.30. The fourth-order valence-electron chi connectivity index (χ4n) is 1.03. The van der Waals surface area contributed by atoms with Crippen molar-refractivity contribution >= 4 is 18.0 Å². The summed E-state index contributed by atoms with van der Waals surface area (Å²) >= 11 is 0. The third-order valence-corrected chi connectivity index (χ3v) is 5.46. The SMILES string of the molecule is Cc1cc(O)ccc1S(=O)(=O)S(=O)(=O)O. The summed E-state index contributed by atoms with van der Waals surface area (Å²) in [7, 11) is -10.0. The average molecular weight is 252 g/mol. The van der Waals surface area contributed by atoms with E-state index in [1.807, 2.05) is 0 Å². The zero-order valence-corrected chi connectivity index (χ0v) is 9.21. The zero-order chi connectivity index (χ0) is 11.9. The molecule has 6 nitrogen and oxygen atoms in total. The third-order valence-electron chi connectivity index (χ3n) is 1.71. The van der Waals surface area contributed by atoms with E-state index in [1.165, 1.54) is 6.92 Å².